The number of amides is 2. The lowest BCUT2D eigenvalue weighted by atomic mass is 9.95. The van der Waals surface area contributed by atoms with E-state index in [1.807, 2.05) is 7.05 Å². The molecule has 0 aromatic heterocycles. The molecule has 23 heavy (non-hydrogen) atoms. The van der Waals surface area contributed by atoms with E-state index in [1.54, 1.807) is 24.3 Å². The molecular weight excluding hydrogens is 314 g/mol. The van der Waals surface area contributed by atoms with Crippen LogP contribution in [0.4, 0.5) is 5.69 Å². The van der Waals surface area contributed by atoms with E-state index in [-0.39, 0.29) is 24.2 Å². The van der Waals surface area contributed by atoms with Gasteiger partial charge in [0.2, 0.25) is 5.91 Å². The van der Waals surface area contributed by atoms with E-state index in [9.17, 15) is 9.59 Å². The molecule has 1 aromatic rings. The first-order valence-corrected chi connectivity index (χ1v) is 8.04. The Morgan fingerprint density at radius 3 is 2.35 bits per heavy atom. The molecule has 3 N–H and O–H groups in total. The first kappa shape index (κ1) is 19.5. The molecule has 0 radical (unpaired) electrons. The van der Waals surface area contributed by atoms with Crippen LogP contribution in [0.5, 0.6) is 0 Å². The van der Waals surface area contributed by atoms with Gasteiger partial charge in [0.25, 0.3) is 5.91 Å². The van der Waals surface area contributed by atoms with Gasteiger partial charge in [-0.05, 0) is 44.2 Å². The fourth-order valence-corrected chi connectivity index (χ4v) is 2.68. The average Bonchev–Trinajstić information content (AvgIpc) is 2.54. The number of halogens is 1. The van der Waals surface area contributed by atoms with Crippen molar-refractivity contribution < 1.29 is 9.59 Å². The van der Waals surface area contributed by atoms with Crippen LogP contribution in [-0.2, 0) is 4.79 Å². The molecule has 1 fully saturated rings. The van der Waals surface area contributed by atoms with Crippen LogP contribution in [0.1, 0.15) is 48.9 Å². The van der Waals surface area contributed by atoms with Crippen molar-refractivity contribution in [1.29, 1.82) is 0 Å². The van der Waals surface area contributed by atoms with Crippen molar-refractivity contribution in [2.24, 2.45) is 0 Å². The van der Waals surface area contributed by atoms with Gasteiger partial charge in [-0.1, -0.05) is 19.3 Å². The second kappa shape index (κ2) is 10.2. The van der Waals surface area contributed by atoms with E-state index in [0.717, 1.165) is 18.5 Å². The summed E-state index contributed by atoms with van der Waals surface area (Å²) in [5, 5.41) is 8.84. The first-order valence-electron chi connectivity index (χ1n) is 8.04. The van der Waals surface area contributed by atoms with Crippen LogP contribution in [0.2, 0.25) is 0 Å². The fraction of sp³-hybridized carbons (Fsp3) is 0.529. The quantitative estimate of drug-likeness (QED) is 0.746. The third-order valence-corrected chi connectivity index (χ3v) is 3.97. The van der Waals surface area contributed by atoms with Crippen molar-refractivity contribution in [2.45, 2.75) is 44.6 Å². The third-order valence-electron chi connectivity index (χ3n) is 3.97. The summed E-state index contributed by atoms with van der Waals surface area (Å²) in [6.07, 6.45) is 6.25. The second-order valence-electron chi connectivity index (χ2n) is 5.79. The Hall–Kier alpha value is -1.59. The maximum atomic E-state index is 12.2. The molecule has 5 nitrogen and oxygen atoms in total. The highest BCUT2D eigenvalue weighted by molar-refractivity contribution is 5.96. The molecule has 0 heterocycles. The maximum Gasteiger partial charge on any atom is 0.251 e. The highest BCUT2D eigenvalue weighted by Crippen LogP contribution is 2.18. The van der Waals surface area contributed by atoms with Gasteiger partial charge in [-0.25, -0.2) is 0 Å². The SMILES string of the molecule is CNCCC(=O)Nc1ccc(C(=O)NC2CCCCC2)cc1.Cl. The van der Waals surface area contributed by atoms with E-state index in [1.165, 1.54) is 19.3 Å². The van der Waals surface area contributed by atoms with Crippen molar-refractivity contribution in [2.75, 3.05) is 18.9 Å². The number of hydrogen-bond donors (Lipinski definition) is 3. The number of carbonyl (C=O) groups is 2. The summed E-state index contributed by atoms with van der Waals surface area (Å²) in [7, 11) is 1.81. The van der Waals surface area contributed by atoms with Crippen LogP contribution >= 0.6 is 12.4 Å². The average molecular weight is 340 g/mol. The zero-order chi connectivity index (χ0) is 15.8. The molecule has 1 saturated carbocycles. The molecule has 1 aromatic carbocycles. The van der Waals surface area contributed by atoms with Crippen molar-refractivity contribution in [3.8, 4) is 0 Å². The second-order valence-corrected chi connectivity index (χ2v) is 5.79. The van der Waals surface area contributed by atoms with Gasteiger partial charge in [0, 0.05) is 30.3 Å². The lowest BCUT2D eigenvalue weighted by Gasteiger charge is -2.22. The molecular formula is C17H26ClN3O2. The van der Waals surface area contributed by atoms with Crippen molar-refractivity contribution >= 4 is 29.9 Å². The number of hydrogen-bond acceptors (Lipinski definition) is 3. The van der Waals surface area contributed by atoms with Gasteiger partial charge in [-0.3, -0.25) is 9.59 Å². The molecule has 1 aliphatic carbocycles. The smallest absolute Gasteiger partial charge is 0.251 e. The predicted molar refractivity (Wildman–Crippen MR) is 95.2 cm³/mol. The van der Waals surface area contributed by atoms with Crippen LogP contribution in [0.15, 0.2) is 24.3 Å². The molecule has 0 atom stereocenters. The van der Waals surface area contributed by atoms with Crippen LogP contribution in [0.25, 0.3) is 0 Å². The number of rotatable bonds is 6. The van der Waals surface area contributed by atoms with Crippen LogP contribution in [0, 0.1) is 0 Å². The zero-order valence-electron chi connectivity index (χ0n) is 13.6. The maximum absolute atomic E-state index is 12.2. The van der Waals surface area contributed by atoms with Gasteiger partial charge >= 0.3 is 0 Å². The minimum atomic E-state index is -0.0336. The molecule has 0 aliphatic heterocycles. The number of benzene rings is 1. The molecule has 0 spiro atoms. The molecule has 2 rings (SSSR count). The van der Waals surface area contributed by atoms with Gasteiger partial charge in [0.05, 0.1) is 0 Å². The van der Waals surface area contributed by atoms with Gasteiger partial charge < -0.3 is 16.0 Å². The monoisotopic (exact) mass is 339 g/mol. The Bertz CT molecular complexity index is 499. The highest BCUT2D eigenvalue weighted by Gasteiger charge is 2.16. The standard InChI is InChI=1S/C17H25N3O2.ClH/c1-18-12-11-16(21)19-15-9-7-13(8-10-15)17(22)20-14-5-3-2-4-6-14;/h7-10,14,18H,2-6,11-12H2,1H3,(H,19,21)(H,20,22);1H. The Balaban J connectivity index is 0.00000264. The summed E-state index contributed by atoms with van der Waals surface area (Å²) >= 11 is 0. The Labute approximate surface area is 144 Å². The summed E-state index contributed by atoms with van der Waals surface area (Å²) < 4.78 is 0. The summed E-state index contributed by atoms with van der Waals surface area (Å²) in [4.78, 5) is 23.8. The molecule has 0 unspecified atom stereocenters. The molecule has 0 saturated heterocycles. The topological polar surface area (TPSA) is 70.2 Å². The minimum Gasteiger partial charge on any atom is -0.349 e. The van der Waals surface area contributed by atoms with Gasteiger partial charge in [-0.2, -0.15) is 0 Å². The minimum absolute atomic E-state index is 0. The van der Waals surface area contributed by atoms with Crippen molar-refractivity contribution in [1.82, 2.24) is 10.6 Å². The third kappa shape index (κ3) is 6.59. The van der Waals surface area contributed by atoms with Gasteiger partial charge in [0.15, 0.2) is 0 Å². The van der Waals surface area contributed by atoms with Crippen molar-refractivity contribution in [3.05, 3.63) is 29.8 Å². The fourth-order valence-electron chi connectivity index (χ4n) is 2.68. The van der Waals surface area contributed by atoms with E-state index >= 15 is 0 Å². The van der Waals surface area contributed by atoms with Crippen LogP contribution in [-0.4, -0.2) is 31.4 Å². The Morgan fingerprint density at radius 2 is 1.74 bits per heavy atom. The number of nitrogens with one attached hydrogen (secondary N) is 3. The van der Waals surface area contributed by atoms with E-state index < -0.39 is 0 Å². The predicted octanol–water partition coefficient (Wildman–Crippen LogP) is 2.72. The lowest BCUT2D eigenvalue weighted by molar-refractivity contribution is -0.116. The van der Waals surface area contributed by atoms with Gasteiger partial charge in [0.1, 0.15) is 0 Å². The highest BCUT2D eigenvalue weighted by atomic mass is 35.5. The van der Waals surface area contributed by atoms with E-state index in [4.69, 9.17) is 0 Å². The molecule has 128 valence electrons. The zero-order valence-corrected chi connectivity index (χ0v) is 14.4. The Morgan fingerprint density at radius 1 is 1.09 bits per heavy atom. The number of carbonyl (C=O) groups excluding carboxylic acids is 2. The normalized spacial score (nSPS) is 14.7. The first-order chi connectivity index (χ1) is 10.7. The number of anilines is 1. The molecule has 0 bridgehead atoms. The lowest BCUT2D eigenvalue weighted by Crippen LogP contribution is -2.36. The van der Waals surface area contributed by atoms with Crippen LogP contribution < -0.4 is 16.0 Å². The summed E-state index contributed by atoms with van der Waals surface area (Å²) in [6, 6.07) is 7.36. The Kier molecular flexibility index (Phi) is 8.66. The largest absolute Gasteiger partial charge is 0.349 e. The summed E-state index contributed by atoms with van der Waals surface area (Å²) in [5.74, 6) is -0.0614. The molecule has 2 amide bonds. The summed E-state index contributed by atoms with van der Waals surface area (Å²) in [5.41, 5.74) is 1.36. The van der Waals surface area contributed by atoms with Gasteiger partial charge in [-0.15, -0.1) is 12.4 Å². The van der Waals surface area contributed by atoms with Crippen LogP contribution in [0.3, 0.4) is 0 Å². The van der Waals surface area contributed by atoms with E-state index in [0.29, 0.717) is 24.6 Å². The molecule has 1 aliphatic rings. The summed E-state index contributed by atoms with van der Waals surface area (Å²) in [6.45, 7) is 0.647. The van der Waals surface area contributed by atoms with Crippen molar-refractivity contribution in [3.63, 3.8) is 0 Å². The van der Waals surface area contributed by atoms with E-state index in [2.05, 4.69) is 16.0 Å². The molecule has 6 heteroatoms.